The average molecular weight is 475 g/mol. The van der Waals surface area contributed by atoms with Crippen molar-refractivity contribution < 1.29 is 19.2 Å². The molecule has 0 radical (unpaired) electrons. The first-order chi connectivity index (χ1) is 16.9. The predicted molar refractivity (Wildman–Crippen MR) is 131 cm³/mol. The Bertz CT molecular complexity index is 1240. The summed E-state index contributed by atoms with van der Waals surface area (Å²) in [6.45, 7) is 2.46. The number of benzene rings is 3. The monoisotopic (exact) mass is 474 g/mol. The number of nitro groups is 1. The normalized spacial score (nSPS) is 16.4. The number of nitrogens with zero attached hydrogens (tertiary/aromatic N) is 4. The third kappa shape index (κ3) is 4.99. The number of carbonyl (C=O) groups excluding carboxylic acids is 1. The smallest absolute Gasteiger partial charge is 0.269 e. The molecular weight excluding hydrogens is 448 g/mol. The van der Waals surface area contributed by atoms with Gasteiger partial charge in [-0.3, -0.25) is 19.8 Å². The van der Waals surface area contributed by atoms with Gasteiger partial charge in [0.25, 0.3) is 11.6 Å². The quantitative estimate of drug-likeness (QED) is 0.273. The van der Waals surface area contributed by atoms with Crippen LogP contribution in [-0.4, -0.2) is 47.2 Å². The Morgan fingerprint density at radius 2 is 1.74 bits per heavy atom. The maximum Gasteiger partial charge on any atom is 0.269 e. The SMILES string of the molecule is COc1cccc([C@H]2N(Cc3ccccc3)CC(=O)N2/N=C(/C)c2ccc([N+](=O)[O-])cc2)c1OC. The molecule has 1 amide bonds. The van der Waals surface area contributed by atoms with Gasteiger partial charge in [0.05, 0.1) is 31.4 Å². The molecule has 4 rings (SSSR count). The van der Waals surface area contributed by atoms with Crippen LogP contribution in [0.1, 0.15) is 29.8 Å². The summed E-state index contributed by atoms with van der Waals surface area (Å²) in [5, 5.41) is 17.1. The Labute approximate surface area is 203 Å². The summed E-state index contributed by atoms with van der Waals surface area (Å²) in [6, 6.07) is 21.5. The van der Waals surface area contributed by atoms with Crippen LogP contribution in [0.4, 0.5) is 5.69 Å². The molecule has 1 heterocycles. The largest absolute Gasteiger partial charge is 0.493 e. The number of methoxy groups -OCH3 is 2. The van der Waals surface area contributed by atoms with Gasteiger partial charge in [0.15, 0.2) is 11.5 Å². The van der Waals surface area contributed by atoms with Crippen LogP contribution in [0.2, 0.25) is 0 Å². The van der Waals surface area contributed by atoms with Crippen molar-refractivity contribution in [3.8, 4) is 11.5 Å². The molecule has 0 unspecified atom stereocenters. The van der Waals surface area contributed by atoms with E-state index in [1.54, 1.807) is 39.3 Å². The van der Waals surface area contributed by atoms with E-state index >= 15 is 0 Å². The molecule has 9 heteroatoms. The number of non-ortho nitro benzene ring substituents is 1. The molecule has 0 N–H and O–H groups in total. The van der Waals surface area contributed by atoms with Crippen molar-refractivity contribution in [2.45, 2.75) is 19.6 Å². The van der Waals surface area contributed by atoms with Gasteiger partial charge in [0.2, 0.25) is 0 Å². The zero-order valence-electron chi connectivity index (χ0n) is 19.7. The molecule has 0 spiro atoms. The van der Waals surface area contributed by atoms with Gasteiger partial charge in [0, 0.05) is 24.2 Å². The highest BCUT2D eigenvalue weighted by atomic mass is 16.6. The second-order valence-corrected chi connectivity index (χ2v) is 8.07. The van der Waals surface area contributed by atoms with Gasteiger partial charge >= 0.3 is 0 Å². The number of ether oxygens (including phenoxy) is 2. The molecule has 0 aliphatic carbocycles. The van der Waals surface area contributed by atoms with Gasteiger partial charge in [-0.15, -0.1) is 0 Å². The zero-order chi connectivity index (χ0) is 24.9. The lowest BCUT2D eigenvalue weighted by Gasteiger charge is -2.29. The summed E-state index contributed by atoms with van der Waals surface area (Å²) in [4.78, 5) is 25.8. The van der Waals surface area contributed by atoms with E-state index in [0.29, 0.717) is 29.3 Å². The first-order valence-electron chi connectivity index (χ1n) is 11.0. The predicted octanol–water partition coefficient (Wildman–Crippen LogP) is 4.38. The number of hydrazone groups is 1. The van der Waals surface area contributed by atoms with Crippen LogP contribution in [-0.2, 0) is 11.3 Å². The molecule has 3 aromatic carbocycles. The molecule has 1 aliphatic heterocycles. The van der Waals surface area contributed by atoms with E-state index in [2.05, 4.69) is 5.10 Å². The number of carbonyl (C=O) groups is 1. The minimum absolute atomic E-state index is 0.00757. The highest BCUT2D eigenvalue weighted by molar-refractivity contribution is 5.99. The first kappa shape index (κ1) is 23.9. The first-order valence-corrected chi connectivity index (χ1v) is 11.0. The molecule has 0 bridgehead atoms. The lowest BCUT2D eigenvalue weighted by molar-refractivity contribution is -0.384. The van der Waals surface area contributed by atoms with Crippen LogP contribution in [0, 0.1) is 10.1 Å². The molecule has 1 aliphatic rings. The Kier molecular flexibility index (Phi) is 7.07. The van der Waals surface area contributed by atoms with Crippen molar-refractivity contribution in [1.29, 1.82) is 0 Å². The van der Waals surface area contributed by atoms with Gasteiger partial charge in [-0.2, -0.15) is 5.10 Å². The zero-order valence-corrected chi connectivity index (χ0v) is 19.7. The lowest BCUT2D eigenvalue weighted by atomic mass is 10.1. The minimum atomic E-state index is -0.541. The van der Waals surface area contributed by atoms with E-state index in [1.807, 2.05) is 47.4 Å². The molecule has 0 aromatic heterocycles. The molecule has 3 aromatic rings. The summed E-state index contributed by atoms with van der Waals surface area (Å²) in [5.74, 6) is 0.915. The Hall–Kier alpha value is -4.24. The van der Waals surface area contributed by atoms with Gasteiger partial charge in [-0.25, -0.2) is 5.01 Å². The van der Waals surface area contributed by atoms with E-state index in [0.717, 1.165) is 11.1 Å². The highest BCUT2D eigenvalue weighted by Crippen LogP contribution is 2.41. The van der Waals surface area contributed by atoms with E-state index in [9.17, 15) is 14.9 Å². The van der Waals surface area contributed by atoms with Crippen molar-refractivity contribution >= 4 is 17.3 Å². The van der Waals surface area contributed by atoms with Gasteiger partial charge in [0.1, 0.15) is 6.17 Å². The number of para-hydroxylation sites is 1. The van der Waals surface area contributed by atoms with Gasteiger partial charge in [-0.1, -0.05) is 42.5 Å². The highest BCUT2D eigenvalue weighted by Gasteiger charge is 2.41. The molecule has 1 fully saturated rings. The molecule has 9 nitrogen and oxygen atoms in total. The number of nitro benzene ring substituents is 1. The Morgan fingerprint density at radius 1 is 1.03 bits per heavy atom. The number of amides is 1. The fraction of sp³-hybridized carbons (Fsp3) is 0.231. The molecule has 0 saturated carbocycles. The maximum atomic E-state index is 13.2. The fourth-order valence-electron chi connectivity index (χ4n) is 4.18. The van der Waals surface area contributed by atoms with Crippen LogP contribution in [0.25, 0.3) is 0 Å². The molecule has 1 atom stereocenters. The number of hydrogen-bond acceptors (Lipinski definition) is 7. The van der Waals surface area contributed by atoms with Crippen molar-refractivity contribution in [2.24, 2.45) is 5.10 Å². The minimum Gasteiger partial charge on any atom is -0.493 e. The summed E-state index contributed by atoms with van der Waals surface area (Å²) in [6.07, 6.45) is -0.541. The Balaban J connectivity index is 1.76. The molecule has 35 heavy (non-hydrogen) atoms. The van der Waals surface area contributed by atoms with Crippen molar-refractivity contribution in [3.05, 3.63) is 99.6 Å². The van der Waals surface area contributed by atoms with Gasteiger partial charge in [-0.05, 0) is 36.2 Å². The molecule has 180 valence electrons. The summed E-state index contributed by atoms with van der Waals surface area (Å²) >= 11 is 0. The molecular formula is C26H26N4O5. The second-order valence-electron chi connectivity index (χ2n) is 8.07. The van der Waals surface area contributed by atoms with Crippen molar-refractivity contribution in [3.63, 3.8) is 0 Å². The van der Waals surface area contributed by atoms with E-state index in [4.69, 9.17) is 9.47 Å². The summed E-state index contributed by atoms with van der Waals surface area (Å²) in [5.41, 5.74) is 3.04. The maximum absolute atomic E-state index is 13.2. The van der Waals surface area contributed by atoms with Crippen LogP contribution in [0.15, 0.2) is 77.9 Å². The number of rotatable bonds is 8. The number of hydrogen-bond donors (Lipinski definition) is 0. The molecule has 1 saturated heterocycles. The average Bonchev–Trinajstić information content (AvgIpc) is 3.17. The third-order valence-electron chi connectivity index (χ3n) is 5.87. The van der Waals surface area contributed by atoms with Crippen LogP contribution >= 0.6 is 0 Å². The van der Waals surface area contributed by atoms with E-state index in [1.165, 1.54) is 17.1 Å². The lowest BCUT2D eigenvalue weighted by Crippen LogP contribution is -2.30. The van der Waals surface area contributed by atoms with Gasteiger partial charge < -0.3 is 9.47 Å². The fourth-order valence-corrected chi connectivity index (χ4v) is 4.18. The van der Waals surface area contributed by atoms with E-state index in [-0.39, 0.29) is 18.1 Å². The summed E-state index contributed by atoms with van der Waals surface area (Å²) in [7, 11) is 3.13. The topological polar surface area (TPSA) is 97.5 Å². The van der Waals surface area contributed by atoms with Crippen LogP contribution in [0.3, 0.4) is 0 Å². The van der Waals surface area contributed by atoms with Crippen LogP contribution in [0.5, 0.6) is 11.5 Å². The van der Waals surface area contributed by atoms with Crippen molar-refractivity contribution in [1.82, 2.24) is 9.91 Å². The van der Waals surface area contributed by atoms with E-state index < -0.39 is 11.1 Å². The van der Waals surface area contributed by atoms with Crippen LogP contribution < -0.4 is 9.47 Å². The third-order valence-corrected chi connectivity index (χ3v) is 5.87. The standard InChI is InChI=1S/C26H26N4O5/c1-18(20-12-14-21(15-13-20)30(32)33)27-29-24(31)17-28(16-19-8-5-4-6-9-19)26(29)22-10-7-11-23(34-2)25(22)35-3/h4-15,26H,16-17H2,1-3H3/b27-18-/t26-/m0/s1. The Morgan fingerprint density at radius 3 is 2.37 bits per heavy atom. The second kappa shape index (κ2) is 10.4. The summed E-state index contributed by atoms with van der Waals surface area (Å²) < 4.78 is 11.2. The van der Waals surface area contributed by atoms with Crippen molar-refractivity contribution in [2.75, 3.05) is 20.8 Å².